The highest BCUT2D eigenvalue weighted by atomic mass is 16.4. The lowest BCUT2D eigenvalue weighted by Crippen LogP contribution is -2.11. The van der Waals surface area contributed by atoms with E-state index in [2.05, 4.69) is 10.4 Å². The Kier molecular flexibility index (Phi) is 5.15. The maximum Gasteiger partial charge on any atom is 0.341 e. The first-order chi connectivity index (χ1) is 8.47. The van der Waals surface area contributed by atoms with Crippen molar-refractivity contribution in [1.29, 1.82) is 0 Å². The van der Waals surface area contributed by atoms with Gasteiger partial charge in [0, 0.05) is 20.2 Å². The molecule has 0 saturated heterocycles. The van der Waals surface area contributed by atoms with Crippen LogP contribution < -0.4 is 5.32 Å². The van der Waals surface area contributed by atoms with Crippen molar-refractivity contribution in [3.63, 3.8) is 0 Å². The molecule has 0 aliphatic heterocycles. The van der Waals surface area contributed by atoms with E-state index in [4.69, 9.17) is 10.2 Å². The first kappa shape index (κ1) is 14.5. The number of aromatic carboxylic acids is 1. The van der Waals surface area contributed by atoms with E-state index in [0.717, 1.165) is 12.8 Å². The number of aliphatic hydroxyl groups is 1. The summed E-state index contributed by atoms with van der Waals surface area (Å²) in [5.41, 5.74) is 0.740. The molecule has 102 valence electrons. The van der Waals surface area contributed by atoms with Gasteiger partial charge in [-0.05, 0) is 25.7 Å². The monoisotopic (exact) mass is 255 g/mol. The van der Waals surface area contributed by atoms with Crippen LogP contribution >= 0.6 is 0 Å². The van der Waals surface area contributed by atoms with Crippen molar-refractivity contribution >= 4 is 11.8 Å². The summed E-state index contributed by atoms with van der Waals surface area (Å²) >= 11 is 0. The molecule has 0 saturated carbocycles. The fourth-order valence-corrected chi connectivity index (χ4v) is 1.87. The predicted octanol–water partition coefficient (Wildman–Crippen LogP) is 1.25. The van der Waals surface area contributed by atoms with Crippen LogP contribution in [-0.4, -0.2) is 39.1 Å². The third-order valence-corrected chi connectivity index (χ3v) is 2.91. The molecule has 3 N–H and O–H groups in total. The summed E-state index contributed by atoms with van der Waals surface area (Å²) in [4.78, 5) is 11.1. The van der Waals surface area contributed by atoms with E-state index in [-0.39, 0.29) is 18.1 Å². The number of carbonyl (C=O) groups is 1. The third-order valence-electron chi connectivity index (χ3n) is 2.91. The fourth-order valence-electron chi connectivity index (χ4n) is 1.87. The van der Waals surface area contributed by atoms with E-state index in [0.29, 0.717) is 18.1 Å². The Morgan fingerprint density at radius 1 is 1.56 bits per heavy atom. The molecule has 0 aromatic carbocycles. The molecule has 0 aliphatic carbocycles. The molecular formula is C12H21N3O3. The summed E-state index contributed by atoms with van der Waals surface area (Å²) in [7, 11) is 1.72. The van der Waals surface area contributed by atoms with Crippen LogP contribution in [0.2, 0.25) is 0 Å². The zero-order valence-electron chi connectivity index (χ0n) is 11.1. The van der Waals surface area contributed by atoms with Gasteiger partial charge in [0.2, 0.25) is 0 Å². The number of rotatable bonds is 7. The smallest absolute Gasteiger partial charge is 0.341 e. The Morgan fingerprint density at radius 3 is 2.78 bits per heavy atom. The molecule has 6 nitrogen and oxygen atoms in total. The van der Waals surface area contributed by atoms with E-state index < -0.39 is 5.97 Å². The zero-order valence-corrected chi connectivity index (χ0v) is 11.1. The SMILES string of the molecule is Cc1nn(C)c(NCCCC(C)CO)c1C(=O)O. The van der Waals surface area contributed by atoms with Gasteiger partial charge in [-0.3, -0.25) is 4.68 Å². The van der Waals surface area contributed by atoms with E-state index in [9.17, 15) is 4.79 Å². The largest absolute Gasteiger partial charge is 0.477 e. The van der Waals surface area contributed by atoms with Crippen LogP contribution in [0.3, 0.4) is 0 Å². The number of hydrogen-bond acceptors (Lipinski definition) is 4. The summed E-state index contributed by atoms with van der Waals surface area (Å²) in [6.07, 6.45) is 1.79. The van der Waals surface area contributed by atoms with E-state index in [1.165, 1.54) is 0 Å². The number of carboxylic acid groups (broad SMARTS) is 1. The topological polar surface area (TPSA) is 87.4 Å². The molecule has 6 heteroatoms. The van der Waals surface area contributed by atoms with Crippen molar-refractivity contribution in [2.24, 2.45) is 13.0 Å². The molecule has 1 heterocycles. The Balaban J connectivity index is 2.59. The number of aliphatic hydroxyl groups excluding tert-OH is 1. The minimum Gasteiger partial charge on any atom is -0.477 e. The highest BCUT2D eigenvalue weighted by Crippen LogP contribution is 2.18. The maximum absolute atomic E-state index is 11.1. The van der Waals surface area contributed by atoms with E-state index in [1.54, 1.807) is 18.7 Å². The average molecular weight is 255 g/mol. The summed E-state index contributed by atoms with van der Waals surface area (Å²) < 4.78 is 1.55. The number of aromatic nitrogens is 2. The van der Waals surface area contributed by atoms with Gasteiger partial charge in [-0.25, -0.2) is 4.79 Å². The minimum atomic E-state index is -0.966. The Labute approximate surface area is 107 Å². The molecule has 1 aromatic heterocycles. The molecule has 0 amide bonds. The van der Waals surface area contributed by atoms with Crippen molar-refractivity contribution in [2.45, 2.75) is 26.7 Å². The van der Waals surface area contributed by atoms with Gasteiger partial charge in [-0.15, -0.1) is 0 Å². The van der Waals surface area contributed by atoms with Crippen LogP contribution in [0.1, 0.15) is 35.8 Å². The molecule has 1 atom stereocenters. The Morgan fingerprint density at radius 2 is 2.22 bits per heavy atom. The number of nitrogens with zero attached hydrogens (tertiary/aromatic N) is 2. The van der Waals surface area contributed by atoms with Crippen LogP contribution in [0.4, 0.5) is 5.82 Å². The highest BCUT2D eigenvalue weighted by molar-refractivity contribution is 5.94. The number of carboxylic acids is 1. The second-order valence-electron chi connectivity index (χ2n) is 4.59. The van der Waals surface area contributed by atoms with E-state index >= 15 is 0 Å². The second-order valence-corrected chi connectivity index (χ2v) is 4.59. The van der Waals surface area contributed by atoms with Gasteiger partial charge in [-0.1, -0.05) is 6.92 Å². The molecule has 0 radical (unpaired) electrons. The molecule has 18 heavy (non-hydrogen) atoms. The van der Waals surface area contributed by atoms with E-state index in [1.807, 2.05) is 6.92 Å². The maximum atomic E-state index is 11.1. The van der Waals surface area contributed by atoms with Crippen molar-refractivity contribution in [1.82, 2.24) is 9.78 Å². The molecule has 1 aromatic rings. The standard InChI is InChI=1S/C12H21N3O3/c1-8(7-16)5-4-6-13-11-10(12(17)18)9(2)14-15(11)3/h8,13,16H,4-7H2,1-3H3,(H,17,18). The van der Waals surface area contributed by atoms with Crippen molar-refractivity contribution < 1.29 is 15.0 Å². The molecule has 1 rings (SSSR count). The summed E-state index contributed by atoms with van der Waals surface area (Å²) in [6.45, 7) is 4.52. The molecule has 1 unspecified atom stereocenters. The number of nitrogens with one attached hydrogen (secondary N) is 1. The normalized spacial score (nSPS) is 12.4. The summed E-state index contributed by atoms with van der Waals surface area (Å²) in [5, 5.41) is 25.2. The van der Waals surface area contributed by atoms with Gasteiger partial charge < -0.3 is 15.5 Å². The molecule has 0 spiro atoms. The Bertz CT molecular complexity index is 415. The van der Waals surface area contributed by atoms with Gasteiger partial charge in [0.15, 0.2) is 0 Å². The average Bonchev–Trinajstić information content (AvgIpc) is 2.59. The lowest BCUT2D eigenvalue weighted by atomic mass is 10.1. The van der Waals surface area contributed by atoms with Gasteiger partial charge in [0.05, 0.1) is 5.69 Å². The van der Waals surface area contributed by atoms with Gasteiger partial charge in [0.25, 0.3) is 0 Å². The van der Waals surface area contributed by atoms with Crippen molar-refractivity contribution in [3.05, 3.63) is 11.3 Å². The van der Waals surface area contributed by atoms with Crippen LogP contribution in [0, 0.1) is 12.8 Å². The summed E-state index contributed by atoms with van der Waals surface area (Å²) in [6, 6.07) is 0. The van der Waals surface area contributed by atoms with Crippen LogP contribution in [0.15, 0.2) is 0 Å². The minimum absolute atomic E-state index is 0.186. The van der Waals surface area contributed by atoms with Crippen LogP contribution in [-0.2, 0) is 7.05 Å². The first-order valence-corrected chi connectivity index (χ1v) is 6.09. The zero-order chi connectivity index (χ0) is 13.7. The van der Waals surface area contributed by atoms with Crippen LogP contribution in [0.25, 0.3) is 0 Å². The molecule has 0 fully saturated rings. The first-order valence-electron chi connectivity index (χ1n) is 6.09. The second kappa shape index (κ2) is 6.39. The molecular weight excluding hydrogens is 234 g/mol. The lowest BCUT2D eigenvalue weighted by molar-refractivity contribution is 0.0697. The molecule has 0 aliphatic rings. The van der Waals surface area contributed by atoms with Gasteiger partial charge in [0.1, 0.15) is 11.4 Å². The highest BCUT2D eigenvalue weighted by Gasteiger charge is 2.18. The Hall–Kier alpha value is -1.56. The van der Waals surface area contributed by atoms with Crippen LogP contribution in [0.5, 0.6) is 0 Å². The number of hydrogen-bond donors (Lipinski definition) is 3. The quantitative estimate of drug-likeness (QED) is 0.638. The van der Waals surface area contributed by atoms with Gasteiger partial charge >= 0.3 is 5.97 Å². The summed E-state index contributed by atoms with van der Waals surface area (Å²) in [5.74, 6) is -0.150. The predicted molar refractivity (Wildman–Crippen MR) is 68.9 cm³/mol. The third kappa shape index (κ3) is 3.46. The number of anilines is 1. The van der Waals surface area contributed by atoms with Crippen molar-refractivity contribution in [3.8, 4) is 0 Å². The molecule has 0 bridgehead atoms. The lowest BCUT2D eigenvalue weighted by Gasteiger charge is -2.10. The number of aryl methyl sites for hydroxylation is 2. The van der Waals surface area contributed by atoms with Gasteiger partial charge in [-0.2, -0.15) is 5.10 Å². The fraction of sp³-hybridized carbons (Fsp3) is 0.667. The van der Waals surface area contributed by atoms with Crippen molar-refractivity contribution in [2.75, 3.05) is 18.5 Å².